The molecule has 0 radical (unpaired) electrons. The van der Waals surface area contributed by atoms with Crippen LogP contribution in [0.15, 0.2) is 40.6 Å². The summed E-state index contributed by atoms with van der Waals surface area (Å²) in [7, 11) is -3.72. The van der Waals surface area contributed by atoms with Gasteiger partial charge in [-0.15, -0.1) is 11.3 Å². The van der Waals surface area contributed by atoms with Crippen molar-refractivity contribution in [2.45, 2.75) is 10.3 Å². The number of morpholine rings is 1. The Morgan fingerprint density at radius 3 is 2.43 bits per heavy atom. The number of amides is 2. The third-order valence-corrected chi connectivity index (χ3v) is 7.79. The number of cyclic esters (lactones) is 1. The van der Waals surface area contributed by atoms with Gasteiger partial charge in [-0.2, -0.15) is 0 Å². The van der Waals surface area contributed by atoms with E-state index in [2.05, 4.69) is 4.72 Å². The molecular formula is C18H18ClN3O6S2. The summed E-state index contributed by atoms with van der Waals surface area (Å²) in [5.74, 6) is -0.117. The maximum atomic E-state index is 12.3. The number of ether oxygens (including phenoxy) is 2. The lowest BCUT2D eigenvalue weighted by Gasteiger charge is -2.27. The van der Waals surface area contributed by atoms with Gasteiger partial charge < -0.3 is 14.4 Å². The van der Waals surface area contributed by atoms with Crippen molar-refractivity contribution >= 4 is 56.3 Å². The maximum Gasteiger partial charge on any atom is 0.414 e. The highest BCUT2D eigenvalue weighted by molar-refractivity contribution is 7.91. The van der Waals surface area contributed by atoms with Crippen molar-refractivity contribution in [3.05, 3.63) is 40.7 Å². The standard InChI is InChI=1S/C18H18ClN3O6S2/c19-15-5-6-17(29-15)30(25,26)20-9-14-10-22(18(24)28-14)13-3-1-12(2-4-13)21-7-8-27-11-16(21)23/h1-6,14,20H,7-11H2/t14-/m0/s1. The lowest BCUT2D eigenvalue weighted by atomic mass is 10.2. The minimum absolute atomic E-state index is 0.0511. The zero-order valence-corrected chi connectivity index (χ0v) is 18.0. The van der Waals surface area contributed by atoms with E-state index < -0.39 is 22.2 Å². The lowest BCUT2D eigenvalue weighted by molar-refractivity contribution is -0.125. The van der Waals surface area contributed by atoms with Crippen LogP contribution in [0.25, 0.3) is 0 Å². The molecule has 2 fully saturated rings. The fourth-order valence-electron chi connectivity index (χ4n) is 3.16. The van der Waals surface area contributed by atoms with Crippen molar-refractivity contribution in [1.29, 1.82) is 0 Å². The van der Waals surface area contributed by atoms with Crippen LogP contribution in [-0.2, 0) is 24.3 Å². The Bertz CT molecular complexity index is 1060. The quantitative estimate of drug-likeness (QED) is 0.691. The van der Waals surface area contributed by atoms with Gasteiger partial charge in [0.05, 0.1) is 17.5 Å². The second-order valence-corrected chi connectivity index (χ2v) is 10.4. The molecule has 0 spiro atoms. The maximum absolute atomic E-state index is 12.3. The Balaban J connectivity index is 1.38. The number of nitrogens with one attached hydrogen (secondary N) is 1. The number of anilines is 2. The highest BCUT2D eigenvalue weighted by Gasteiger charge is 2.33. The number of carbonyl (C=O) groups is 2. The van der Waals surface area contributed by atoms with Crippen LogP contribution in [0.3, 0.4) is 0 Å². The van der Waals surface area contributed by atoms with Gasteiger partial charge in [-0.3, -0.25) is 9.69 Å². The predicted molar refractivity (Wildman–Crippen MR) is 112 cm³/mol. The van der Waals surface area contributed by atoms with Gasteiger partial charge in [-0.05, 0) is 36.4 Å². The summed E-state index contributed by atoms with van der Waals surface area (Å²) in [5.41, 5.74) is 1.32. The normalized spacial score (nSPS) is 20.0. The highest BCUT2D eigenvalue weighted by Crippen LogP contribution is 2.27. The van der Waals surface area contributed by atoms with Gasteiger partial charge in [0, 0.05) is 24.5 Å². The molecular weight excluding hydrogens is 454 g/mol. The van der Waals surface area contributed by atoms with E-state index in [0.29, 0.717) is 23.2 Å². The van der Waals surface area contributed by atoms with Crippen LogP contribution in [0.5, 0.6) is 0 Å². The monoisotopic (exact) mass is 471 g/mol. The molecule has 1 aromatic carbocycles. The number of nitrogens with zero attached hydrogens (tertiary/aromatic N) is 2. The number of thiophene rings is 1. The van der Waals surface area contributed by atoms with Gasteiger partial charge in [0.15, 0.2) is 0 Å². The van der Waals surface area contributed by atoms with Crippen LogP contribution >= 0.6 is 22.9 Å². The molecule has 12 heteroatoms. The smallest absolute Gasteiger partial charge is 0.414 e. The van der Waals surface area contributed by atoms with Crippen LogP contribution in [0, 0.1) is 0 Å². The molecule has 2 amide bonds. The average Bonchev–Trinajstić information content (AvgIpc) is 3.33. The van der Waals surface area contributed by atoms with Gasteiger partial charge in [0.2, 0.25) is 10.0 Å². The van der Waals surface area contributed by atoms with E-state index in [1.165, 1.54) is 17.0 Å². The topological polar surface area (TPSA) is 105 Å². The van der Waals surface area contributed by atoms with Crippen LogP contribution in [0.1, 0.15) is 0 Å². The molecule has 30 heavy (non-hydrogen) atoms. The Morgan fingerprint density at radius 2 is 1.80 bits per heavy atom. The molecule has 160 valence electrons. The van der Waals surface area contributed by atoms with Crippen molar-refractivity contribution in [2.24, 2.45) is 0 Å². The lowest BCUT2D eigenvalue weighted by Crippen LogP contribution is -2.41. The molecule has 1 atom stereocenters. The molecule has 1 N–H and O–H groups in total. The van der Waals surface area contributed by atoms with Crippen LogP contribution in [0.4, 0.5) is 16.2 Å². The van der Waals surface area contributed by atoms with Gasteiger partial charge in [0.25, 0.3) is 5.91 Å². The summed E-state index contributed by atoms with van der Waals surface area (Å²) in [6, 6.07) is 9.87. The zero-order chi connectivity index (χ0) is 21.3. The van der Waals surface area contributed by atoms with E-state index in [-0.39, 0.29) is 29.8 Å². The van der Waals surface area contributed by atoms with Gasteiger partial charge in [-0.25, -0.2) is 17.9 Å². The van der Waals surface area contributed by atoms with Crippen molar-refractivity contribution in [2.75, 3.05) is 42.6 Å². The SMILES string of the molecule is O=C1COCCN1c1ccc(N2C[C@H](CNS(=O)(=O)c3ccc(Cl)s3)OC2=O)cc1. The zero-order valence-electron chi connectivity index (χ0n) is 15.6. The third-order valence-electron chi connectivity index (χ3n) is 4.65. The average molecular weight is 472 g/mol. The first-order valence-corrected chi connectivity index (χ1v) is 11.7. The van der Waals surface area contributed by atoms with Gasteiger partial charge >= 0.3 is 6.09 Å². The summed E-state index contributed by atoms with van der Waals surface area (Å²) in [5, 5.41) is 0. The van der Waals surface area contributed by atoms with E-state index in [4.69, 9.17) is 21.1 Å². The van der Waals surface area contributed by atoms with Crippen molar-refractivity contribution in [1.82, 2.24) is 4.72 Å². The summed E-state index contributed by atoms with van der Waals surface area (Å²) < 4.78 is 37.9. The van der Waals surface area contributed by atoms with E-state index in [0.717, 1.165) is 17.0 Å². The molecule has 0 aliphatic carbocycles. The van der Waals surface area contributed by atoms with E-state index >= 15 is 0 Å². The Hall–Kier alpha value is -2.18. The molecule has 9 nitrogen and oxygen atoms in total. The number of sulfonamides is 1. The molecule has 3 heterocycles. The second-order valence-electron chi connectivity index (χ2n) is 6.64. The van der Waals surface area contributed by atoms with Crippen molar-refractivity contribution in [3.8, 4) is 0 Å². The molecule has 2 saturated heterocycles. The Kier molecular flexibility index (Phi) is 5.98. The highest BCUT2D eigenvalue weighted by atomic mass is 35.5. The molecule has 0 saturated carbocycles. The largest absolute Gasteiger partial charge is 0.443 e. The van der Waals surface area contributed by atoms with E-state index in [1.807, 2.05) is 0 Å². The predicted octanol–water partition coefficient (Wildman–Crippen LogP) is 2.07. The van der Waals surface area contributed by atoms with Gasteiger partial charge in [-0.1, -0.05) is 11.6 Å². The molecule has 2 aromatic rings. The molecule has 0 bridgehead atoms. The fraction of sp³-hybridized carbons (Fsp3) is 0.333. The van der Waals surface area contributed by atoms with Crippen molar-refractivity contribution < 1.29 is 27.5 Å². The molecule has 2 aliphatic rings. The molecule has 4 rings (SSSR count). The molecule has 2 aliphatic heterocycles. The third kappa shape index (κ3) is 4.44. The van der Waals surface area contributed by atoms with Gasteiger partial charge in [0.1, 0.15) is 16.9 Å². The first-order valence-electron chi connectivity index (χ1n) is 9.05. The summed E-state index contributed by atoms with van der Waals surface area (Å²) in [4.78, 5) is 27.2. The minimum Gasteiger partial charge on any atom is -0.443 e. The van der Waals surface area contributed by atoms with Crippen LogP contribution in [0.2, 0.25) is 4.34 Å². The Morgan fingerprint density at radius 1 is 1.10 bits per heavy atom. The molecule has 1 aromatic heterocycles. The number of rotatable bonds is 6. The fourth-order valence-corrected chi connectivity index (χ4v) is 5.75. The summed E-state index contributed by atoms with van der Waals surface area (Å²) in [6.45, 7) is 1.14. The number of hydrogen-bond acceptors (Lipinski definition) is 7. The summed E-state index contributed by atoms with van der Waals surface area (Å²) >= 11 is 6.74. The summed E-state index contributed by atoms with van der Waals surface area (Å²) in [6.07, 6.45) is -1.20. The first-order chi connectivity index (χ1) is 14.3. The number of benzene rings is 1. The van der Waals surface area contributed by atoms with Crippen LogP contribution in [-0.4, -0.2) is 59.4 Å². The second kappa shape index (κ2) is 8.52. The minimum atomic E-state index is -3.72. The van der Waals surface area contributed by atoms with E-state index in [1.54, 1.807) is 29.2 Å². The van der Waals surface area contributed by atoms with E-state index in [9.17, 15) is 18.0 Å². The number of carbonyl (C=O) groups excluding carboxylic acids is 2. The number of halogens is 1. The first kappa shape index (κ1) is 21.1. The Labute approximate surface area is 182 Å². The number of hydrogen-bond donors (Lipinski definition) is 1. The van der Waals surface area contributed by atoms with Crippen molar-refractivity contribution in [3.63, 3.8) is 0 Å². The van der Waals surface area contributed by atoms with Crippen LogP contribution < -0.4 is 14.5 Å². The molecule has 0 unspecified atom stereocenters.